The van der Waals surface area contributed by atoms with Gasteiger partial charge in [0.25, 0.3) is 0 Å². The van der Waals surface area contributed by atoms with Gasteiger partial charge in [-0.2, -0.15) is 0 Å². The molecule has 1 N–H and O–H groups in total. The van der Waals surface area contributed by atoms with Crippen molar-refractivity contribution >= 4 is 5.78 Å². The van der Waals surface area contributed by atoms with E-state index in [4.69, 9.17) is 4.74 Å². The summed E-state index contributed by atoms with van der Waals surface area (Å²) in [5.41, 5.74) is 1.59. The summed E-state index contributed by atoms with van der Waals surface area (Å²) in [5, 5.41) is 3.88. The molecule has 2 saturated heterocycles. The number of carbonyl (C=O) groups excluding carboxylic acids is 1. The van der Waals surface area contributed by atoms with Gasteiger partial charge in [-0.3, -0.25) is 4.79 Å². The molecule has 0 bridgehead atoms. The highest BCUT2D eigenvalue weighted by Crippen LogP contribution is 2.43. The van der Waals surface area contributed by atoms with E-state index in [0.717, 1.165) is 38.5 Å². The number of likely N-dealkylation sites (tertiary alicyclic amines) is 1. The van der Waals surface area contributed by atoms with Crippen molar-refractivity contribution in [2.75, 3.05) is 26.2 Å². The molecule has 3 atom stereocenters. The summed E-state index contributed by atoms with van der Waals surface area (Å²) in [7, 11) is 0. The second-order valence-corrected chi connectivity index (χ2v) is 9.87. The van der Waals surface area contributed by atoms with Crippen LogP contribution in [0.4, 0.5) is 0 Å². The van der Waals surface area contributed by atoms with E-state index in [0.29, 0.717) is 29.7 Å². The molecule has 1 unspecified atom stereocenters. The van der Waals surface area contributed by atoms with Gasteiger partial charge in [-0.05, 0) is 56.9 Å². The maximum Gasteiger partial charge on any atom is 0.132 e. The van der Waals surface area contributed by atoms with Crippen LogP contribution in [0.5, 0.6) is 0 Å². The van der Waals surface area contributed by atoms with Crippen molar-refractivity contribution in [1.29, 1.82) is 0 Å². The molecule has 5 rings (SSSR count). The molecule has 4 nitrogen and oxygen atoms in total. The summed E-state index contributed by atoms with van der Waals surface area (Å²) in [6.45, 7) is 6.12. The highest BCUT2D eigenvalue weighted by Gasteiger charge is 2.46. The van der Waals surface area contributed by atoms with E-state index in [1.807, 2.05) is 0 Å². The SMILES string of the molecule is CC(=O)C1CC(CN2CCC3(CC2)CC(N[C@@H]2C[C@H]2c2ccccc2)CO3)C1. The van der Waals surface area contributed by atoms with Crippen molar-refractivity contribution in [3.63, 3.8) is 0 Å². The Bertz CT molecular complexity index is 692. The first kappa shape index (κ1) is 18.8. The first-order valence-electron chi connectivity index (χ1n) is 11.3. The van der Waals surface area contributed by atoms with Gasteiger partial charge in [0.05, 0.1) is 12.2 Å². The van der Waals surface area contributed by atoms with Crippen molar-refractivity contribution in [2.45, 2.75) is 69.1 Å². The standard InChI is InChI=1S/C24H34N2O2/c1-17(27)20-11-18(12-20)15-26-9-7-24(8-10-26)14-21(16-28-24)25-23-13-22(23)19-5-3-2-4-6-19/h2-6,18,20-23,25H,7-16H2,1H3/t18?,20?,21?,22-,23+/m0/s1. The quantitative estimate of drug-likeness (QED) is 0.819. The Morgan fingerprint density at radius 1 is 1.18 bits per heavy atom. The summed E-state index contributed by atoms with van der Waals surface area (Å²) in [4.78, 5) is 14.0. The summed E-state index contributed by atoms with van der Waals surface area (Å²) in [6, 6.07) is 12.1. The Hall–Kier alpha value is -1.23. The van der Waals surface area contributed by atoms with E-state index in [9.17, 15) is 4.79 Å². The van der Waals surface area contributed by atoms with E-state index in [1.54, 1.807) is 6.92 Å². The number of ketones is 1. The predicted molar refractivity (Wildman–Crippen MR) is 110 cm³/mol. The normalized spacial score (nSPS) is 37.0. The van der Waals surface area contributed by atoms with Gasteiger partial charge in [0.2, 0.25) is 0 Å². The molecule has 0 aromatic heterocycles. The van der Waals surface area contributed by atoms with Gasteiger partial charge in [-0.1, -0.05) is 30.3 Å². The van der Waals surface area contributed by atoms with Crippen LogP contribution in [0.1, 0.15) is 56.9 Å². The zero-order chi connectivity index (χ0) is 19.1. The Labute approximate surface area is 169 Å². The number of nitrogens with zero attached hydrogens (tertiary/aromatic N) is 1. The van der Waals surface area contributed by atoms with E-state index < -0.39 is 0 Å². The summed E-state index contributed by atoms with van der Waals surface area (Å²) in [5.74, 6) is 2.18. The number of piperidine rings is 1. The lowest BCUT2D eigenvalue weighted by Gasteiger charge is -2.42. The van der Waals surface area contributed by atoms with Crippen LogP contribution in [0.25, 0.3) is 0 Å². The van der Waals surface area contributed by atoms with E-state index >= 15 is 0 Å². The lowest BCUT2D eigenvalue weighted by atomic mass is 9.72. The molecule has 1 spiro atoms. The number of hydrogen-bond donors (Lipinski definition) is 1. The van der Waals surface area contributed by atoms with Gasteiger partial charge in [0, 0.05) is 43.6 Å². The van der Waals surface area contributed by atoms with Crippen molar-refractivity contribution in [3.8, 4) is 0 Å². The van der Waals surface area contributed by atoms with Gasteiger partial charge < -0.3 is 15.0 Å². The maximum atomic E-state index is 11.4. The van der Waals surface area contributed by atoms with Crippen LogP contribution >= 0.6 is 0 Å². The van der Waals surface area contributed by atoms with Crippen LogP contribution in [0.15, 0.2) is 30.3 Å². The summed E-state index contributed by atoms with van der Waals surface area (Å²) >= 11 is 0. The molecular weight excluding hydrogens is 348 g/mol. The lowest BCUT2D eigenvalue weighted by Crippen LogP contribution is -2.47. The molecule has 1 aromatic rings. The largest absolute Gasteiger partial charge is 0.373 e. The third-order valence-corrected chi connectivity index (χ3v) is 7.77. The van der Waals surface area contributed by atoms with Gasteiger partial charge in [-0.15, -0.1) is 0 Å². The van der Waals surface area contributed by atoms with Crippen molar-refractivity contribution < 1.29 is 9.53 Å². The molecule has 2 heterocycles. The Morgan fingerprint density at radius 2 is 1.93 bits per heavy atom. The number of hydrogen-bond acceptors (Lipinski definition) is 4. The Morgan fingerprint density at radius 3 is 2.64 bits per heavy atom. The van der Waals surface area contributed by atoms with Gasteiger partial charge in [0.1, 0.15) is 5.78 Å². The molecule has 4 aliphatic rings. The molecule has 0 radical (unpaired) electrons. The van der Waals surface area contributed by atoms with E-state index in [-0.39, 0.29) is 5.60 Å². The number of Topliss-reactive ketones (excluding diaryl/α,β-unsaturated/α-hetero) is 1. The highest BCUT2D eigenvalue weighted by molar-refractivity contribution is 5.79. The zero-order valence-corrected chi connectivity index (χ0v) is 17.1. The minimum Gasteiger partial charge on any atom is -0.373 e. The molecule has 152 valence electrons. The Kier molecular flexibility index (Phi) is 5.06. The van der Waals surface area contributed by atoms with Crippen LogP contribution < -0.4 is 5.32 Å². The molecule has 0 amide bonds. The predicted octanol–water partition coefficient (Wildman–Crippen LogP) is 3.37. The van der Waals surface area contributed by atoms with Crippen molar-refractivity contribution in [2.24, 2.45) is 11.8 Å². The molecule has 2 aliphatic carbocycles. The molecule has 1 aromatic carbocycles. The number of nitrogens with one attached hydrogen (secondary N) is 1. The first-order chi connectivity index (χ1) is 13.6. The highest BCUT2D eigenvalue weighted by atomic mass is 16.5. The fraction of sp³-hybridized carbons (Fsp3) is 0.708. The average Bonchev–Trinajstić information content (AvgIpc) is 3.33. The lowest BCUT2D eigenvalue weighted by molar-refractivity contribution is -0.125. The van der Waals surface area contributed by atoms with Gasteiger partial charge in [0.15, 0.2) is 0 Å². The number of ether oxygens (including phenoxy) is 1. The second kappa shape index (κ2) is 7.55. The molecule has 4 fully saturated rings. The van der Waals surface area contributed by atoms with Crippen LogP contribution in [-0.2, 0) is 9.53 Å². The fourth-order valence-corrected chi connectivity index (χ4v) is 5.78. The third kappa shape index (κ3) is 3.92. The average molecular weight is 383 g/mol. The van der Waals surface area contributed by atoms with Gasteiger partial charge in [-0.25, -0.2) is 0 Å². The van der Waals surface area contributed by atoms with E-state index in [1.165, 1.54) is 37.8 Å². The van der Waals surface area contributed by atoms with Crippen molar-refractivity contribution in [3.05, 3.63) is 35.9 Å². The smallest absolute Gasteiger partial charge is 0.132 e. The fourth-order valence-electron chi connectivity index (χ4n) is 5.78. The molecule has 2 saturated carbocycles. The molecule has 2 aliphatic heterocycles. The minimum absolute atomic E-state index is 0.118. The molecule has 4 heteroatoms. The maximum absolute atomic E-state index is 11.4. The van der Waals surface area contributed by atoms with Crippen LogP contribution in [0.3, 0.4) is 0 Å². The zero-order valence-electron chi connectivity index (χ0n) is 17.1. The summed E-state index contributed by atoms with van der Waals surface area (Å²) < 4.78 is 6.37. The number of benzene rings is 1. The van der Waals surface area contributed by atoms with Crippen molar-refractivity contribution in [1.82, 2.24) is 10.2 Å². The van der Waals surface area contributed by atoms with Crippen LogP contribution in [0.2, 0.25) is 0 Å². The summed E-state index contributed by atoms with van der Waals surface area (Å²) in [6.07, 6.45) is 7.01. The van der Waals surface area contributed by atoms with Crippen LogP contribution in [0, 0.1) is 11.8 Å². The molecular formula is C24H34N2O2. The van der Waals surface area contributed by atoms with Gasteiger partial charge >= 0.3 is 0 Å². The van der Waals surface area contributed by atoms with E-state index in [2.05, 4.69) is 40.5 Å². The number of carbonyl (C=O) groups is 1. The molecule has 28 heavy (non-hydrogen) atoms. The first-order valence-corrected chi connectivity index (χ1v) is 11.3. The Balaban J connectivity index is 1.05. The van der Waals surface area contributed by atoms with Crippen LogP contribution in [-0.4, -0.2) is 54.6 Å². The second-order valence-electron chi connectivity index (χ2n) is 9.87. The monoisotopic (exact) mass is 382 g/mol. The topological polar surface area (TPSA) is 41.6 Å². The third-order valence-electron chi connectivity index (χ3n) is 7.77. The minimum atomic E-state index is 0.118. The number of rotatable bonds is 6.